The standard InChI is InChI=1S/C20H25N/c1-3-21-14-20(17-11-9-15(2)10-12-17)19-13-18(19)16-7-5-4-6-8-16/h4-12,18-21H,3,13-14H2,1-2H3. The normalized spacial score (nSPS) is 22.0. The molecular formula is C20H25N. The van der Waals surface area contributed by atoms with E-state index in [1.165, 1.54) is 23.1 Å². The van der Waals surface area contributed by atoms with Crippen molar-refractivity contribution in [3.05, 3.63) is 71.3 Å². The second-order valence-electron chi connectivity index (χ2n) is 6.24. The van der Waals surface area contributed by atoms with Gasteiger partial charge in [-0.3, -0.25) is 0 Å². The Balaban J connectivity index is 1.76. The van der Waals surface area contributed by atoms with Gasteiger partial charge in [-0.1, -0.05) is 67.1 Å². The van der Waals surface area contributed by atoms with Crippen molar-refractivity contribution < 1.29 is 0 Å². The van der Waals surface area contributed by atoms with Gasteiger partial charge in [-0.2, -0.15) is 0 Å². The molecular weight excluding hydrogens is 254 g/mol. The van der Waals surface area contributed by atoms with Gasteiger partial charge in [-0.15, -0.1) is 0 Å². The summed E-state index contributed by atoms with van der Waals surface area (Å²) in [5, 5.41) is 3.55. The molecule has 0 saturated heterocycles. The van der Waals surface area contributed by atoms with E-state index < -0.39 is 0 Å². The van der Waals surface area contributed by atoms with Crippen LogP contribution in [0.15, 0.2) is 54.6 Å². The van der Waals surface area contributed by atoms with E-state index >= 15 is 0 Å². The average molecular weight is 279 g/mol. The molecule has 1 heteroatoms. The number of rotatable bonds is 6. The SMILES string of the molecule is CCNCC(c1ccc(C)cc1)C1CC1c1ccccc1. The number of likely N-dealkylation sites (N-methyl/N-ethyl adjacent to an activating group) is 1. The molecule has 1 aliphatic rings. The first kappa shape index (κ1) is 14.3. The first-order valence-electron chi connectivity index (χ1n) is 8.12. The van der Waals surface area contributed by atoms with Gasteiger partial charge in [0.1, 0.15) is 0 Å². The smallest absolute Gasteiger partial charge is 0.00229 e. The van der Waals surface area contributed by atoms with Gasteiger partial charge in [0, 0.05) is 6.54 Å². The summed E-state index contributed by atoms with van der Waals surface area (Å²) >= 11 is 0. The van der Waals surface area contributed by atoms with E-state index in [2.05, 4.69) is 73.8 Å². The van der Waals surface area contributed by atoms with Crippen LogP contribution in [0, 0.1) is 12.8 Å². The molecule has 3 unspecified atom stereocenters. The molecule has 0 aliphatic heterocycles. The summed E-state index contributed by atoms with van der Waals surface area (Å²) in [5.74, 6) is 2.17. The molecule has 3 rings (SSSR count). The Kier molecular flexibility index (Phi) is 4.40. The highest BCUT2D eigenvalue weighted by molar-refractivity contribution is 5.32. The Bertz CT molecular complexity index is 558. The summed E-state index contributed by atoms with van der Waals surface area (Å²) in [5.41, 5.74) is 4.34. The van der Waals surface area contributed by atoms with Crippen molar-refractivity contribution in [3.8, 4) is 0 Å². The van der Waals surface area contributed by atoms with E-state index in [9.17, 15) is 0 Å². The minimum absolute atomic E-state index is 0.635. The molecule has 1 fully saturated rings. The molecule has 0 amide bonds. The Morgan fingerprint density at radius 3 is 2.43 bits per heavy atom. The van der Waals surface area contributed by atoms with Crippen LogP contribution in [0.2, 0.25) is 0 Å². The van der Waals surface area contributed by atoms with Crippen molar-refractivity contribution in [1.82, 2.24) is 5.32 Å². The lowest BCUT2D eigenvalue weighted by Crippen LogP contribution is -2.22. The maximum atomic E-state index is 3.55. The van der Waals surface area contributed by atoms with Crippen molar-refractivity contribution in [3.63, 3.8) is 0 Å². The molecule has 1 N–H and O–H groups in total. The molecule has 21 heavy (non-hydrogen) atoms. The van der Waals surface area contributed by atoms with Crippen LogP contribution in [0.4, 0.5) is 0 Å². The fourth-order valence-corrected chi connectivity index (χ4v) is 3.37. The predicted octanol–water partition coefficient (Wildman–Crippen LogP) is 4.49. The number of benzene rings is 2. The molecule has 1 aliphatic carbocycles. The molecule has 3 atom stereocenters. The third kappa shape index (κ3) is 3.36. The number of hydrogen-bond donors (Lipinski definition) is 1. The van der Waals surface area contributed by atoms with Gasteiger partial charge in [-0.25, -0.2) is 0 Å². The van der Waals surface area contributed by atoms with Crippen molar-refractivity contribution in [2.45, 2.75) is 32.1 Å². The van der Waals surface area contributed by atoms with E-state index in [4.69, 9.17) is 0 Å². The monoisotopic (exact) mass is 279 g/mol. The number of nitrogens with one attached hydrogen (secondary N) is 1. The molecule has 0 aromatic heterocycles. The van der Waals surface area contributed by atoms with Crippen LogP contribution in [0.1, 0.15) is 41.9 Å². The van der Waals surface area contributed by atoms with Crippen LogP contribution >= 0.6 is 0 Å². The third-order valence-electron chi connectivity index (χ3n) is 4.70. The largest absolute Gasteiger partial charge is 0.316 e. The fraction of sp³-hybridized carbons (Fsp3) is 0.400. The first-order valence-corrected chi connectivity index (χ1v) is 8.12. The molecule has 110 valence electrons. The predicted molar refractivity (Wildman–Crippen MR) is 89.8 cm³/mol. The van der Waals surface area contributed by atoms with Crippen LogP contribution in [-0.2, 0) is 0 Å². The van der Waals surface area contributed by atoms with Crippen LogP contribution in [0.25, 0.3) is 0 Å². The maximum absolute atomic E-state index is 3.55. The van der Waals surface area contributed by atoms with E-state index in [0.717, 1.165) is 24.9 Å². The second-order valence-corrected chi connectivity index (χ2v) is 6.24. The molecule has 1 saturated carbocycles. The zero-order chi connectivity index (χ0) is 14.7. The fourth-order valence-electron chi connectivity index (χ4n) is 3.37. The maximum Gasteiger partial charge on any atom is 0.00229 e. The van der Waals surface area contributed by atoms with Gasteiger partial charge in [0.25, 0.3) is 0 Å². The van der Waals surface area contributed by atoms with Crippen LogP contribution in [0.3, 0.4) is 0 Å². The molecule has 0 spiro atoms. The molecule has 2 aromatic rings. The van der Waals surface area contributed by atoms with Gasteiger partial charge in [0.15, 0.2) is 0 Å². The molecule has 0 radical (unpaired) electrons. The number of aryl methyl sites for hydroxylation is 1. The molecule has 2 aromatic carbocycles. The quantitative estimate of drug-likeness (QED) is 0.821. The van der Waals surface area contributed by atoms with Crippen LogP contribution in [-0.4, -0.2) is 13.1 Å². The van der Waals surface area contributed by atoms with Crippen LogP contribution in [0.5, 0.6) is 0 Å². The highest BCUT2D eigenvalue weighted by Gasteiger charge is 2.43. The highest BCUT2D eigenvalue weighted by atomic mass is 14.9. The third-order valence-corrected chi connectivity index (χ3v) is 4.70. The molecule has 0 heterocycles. The molecule has 0 bridgehead atoms. The number of hydrogen-bond acceptors (Lipinski definition) is 1. The van der Waals surface area contributed by atoms with E-state index in [-0.39, 0.29) is 0 Å². The summed E-state index contributed by atoms with van der Waals surface area (Å²) < 4.78 is 0. The highest BCUT2D eigenvalue weighted by Crippen LogP contribution is 2.54. The lowest BCUT2D eigenvalue weighted by atomic mass is 9.91. The summed E-state index contributed by atoms with van der Waals surface area (Å²) in [4.78, 5) is 0. The Hall–Kier alpha value is -1.60. The summed E-state index contributed by atoms with van der Waals surface area (Å²) in [6.45, 7) is 6.49. The van der Waals surface area contributed by atoms with Crippen LogP contribution < -0.4 is 5.32 Å². The zero-order valence-corrected chi connectivity index (χ0v) is 13.0. The average Bonchev–Trinajstić information content (AvgIpc) is 3.31. The second kappa shape index (κ2) is 6.44. The summed E-state index contributed by atoms with van der Waals surface area (Å²) in [6.07, 6.45) is 1.33. The van der Waals surface area contributed by atoms with E-state index in [1.807, 2.05) is 0 Å². The topological polar surface area (TPSA) is 12.0 Å². The van der Waals surface area contributed by atoms with Crippen molar-refractivity contribution >= 4 is 0 Å². The van der Waals surface area contributed by atoms with E-state index in [1.54, 1.807) is 0 Å². The van der Waals surface area contributed by atoms with E-state index in [0.29, 0.717) is 5.92 Å². The Morgan fingerprint density at radius 2 is 1.76 bits per heavy atom. The zero-order valence-electron chi connectivity index (χ0n) is 13.0. The molecule has 1 nitrogen and oxygen atoms in total. The summed E-state index contributed by atoms with van der Waals surface area (Å²) in [7, 11) is 0. The minimum atomic E-state index is 0.635. The Morgan fingerprint density at radius 1 is 1.05 bits per heavy atom. The van der Waals surface area contributed by atoms with Crippen molar-refractivity contribution in [1.29, 1.82) is 0 Å². The first-order chi connectivity index (χ1) is 10.3. The van der Waals surface area contributed by atoms with Gasteiger partial charge in [0.2, 0.25) is 0 Å². The lowest BCUT2D eigenvalue weighted by molar-refractivity contribution is 0.536. The van der Waals surface area contributed by atoms with Gasteiger partial charge < -0.3 is 5.32 Å². The van der Waals surface area contributed by atoms with Crippen molar-refractivity contribution in [2.75, 3.05) is 13.1 Å². The van der Waals surface area contributed by atoms with Crippen molar-refractivity contribution in [2.24, 2.45) is 5.92 Å². The summed E-state index contributed by atoms with van der Waals surface area (Å²) in [6, 6.07) is 20.1. The van der Waals surface area contributed by atoms with Gasteiger partial charge >= 0.3 is 0 Å². The Labute approximate surface area is 128 Å². The van der Waals surface area contributed by atoms with Gasteiger partial charge in [-0.05, 0) is 48.8 Å². The lowest BCUT2D eigenvalue weighted by Gasteiger charge is -2.18. The minimum Gasteiger partial charge on any atom is -0.316 e. The van der Waals surface area contributed by atoms with Gasteiger partial charge in [0.05, 0.1) is 0 Å².